The summed E-state index contributed by atoms with van der Waals surface area (Å²) in [4.78, 5) is 2.37. The van der Waals surface area contributed by atoms with Gasteiger partial charge in [-0.15, -0.1) is 0 Å². The molecule has 0 radical (unpaired) electrons. The van der Waals surface area contributed by atoms with Crippen molar-refractivity contribution in [2.24, 2.45) is 0 Å². The van der Waals surface area contributed by atoms with Gasteiger partial charge in [-0.25, -0.2) is 4.39 Å². The predicted molar refractivity (Wildman–Crippen MR) is 122 cm³/mol. The van der Waals surface area contributed by atoms with Crippen molar-refractivity contribution in [3.8, 4) is 5.75 Å². The molecule has 0 unspecified atom stereocenters. The first kappa shape index (κ1) is 20.5. The highest BCUT2D eigenvalue weighted by Gasteiger charge is 2.14. The number of benzene rings is 3. The van der Waals surface area contributed by atoms with Crippen LogP contribution >= 0.6 is 11.6 Å². The van der Waals surface area contributed by atoms with Crippen molar-refractivity contribution >= 4 is 23.0 Å². The Morgan fingerprint density at radius 1 is 0.933 bits per heavy atom. The molecule has 156 valence electrons. The van der Waals surface area contributed by atoms with Crippen molar-refractivity contribution < 1.29 is 9.13 Å². The number of piperidine rings is 1. The Bertz CT molecular complexity index is 971. The van der Waals surface area contributed by atoms with E-state index < -0.39 is 0 Å². The Hall–Kier alpha value is -2.72. The largest absolute Gasteiger partial charge is 0.489 e. The molecular formula is C25H26ClFN2O. The molecule has 30 heavy (non-hydrogen) atoms. The second kappa shape index (κ2) is 9.86. The predicted octanol–water partition coefficient (Wildman–Crippen LogP) is 6.66. The molecule has 0 bridgehead atoms. The van der Waals surface area contributed by atoms with Crippen LogP contribution in [0, 0.1) is 5.82 Å². The molecule has 0 spiro atoms. The molecular weight excluding hydrogens is 399 g/mol. The number of ether oxygens (including phenoxy) is 1. The molecule has 0 aliphatic carbocycles. The van der Waals surface area contributed by atoms with Gasteiger partial charge in [0.25, 0.3) is 0 Å². The van der Waals surface area contributed by atoms with Gasteiger partial charge < -0.3 is 15.0 Å². The summed E-state index contributed by atoms with van der Waals surface area (Å²) in [5, 5.41) is 4.23. The van der Waals surface area contributed by atoms with Gasteiger partial charge in [0.05, 0.1) is 10.7 Å². The fourth-order valence-electron chi connectivity index (χ4n) is 3.74. The number of hydrogen-bond acceptors (Lipinski definition) is 3. The lowest BCUT2D eigenvalue weighted by atomic mass is 10.1. The molecule has 1 fully saturated rings. The van der Waals surface area contributed by atoms with E-state index in [4.69, 9.17) is 16.3 Å². The monoisotopic (exact) mass is 424 g/mol. The van der Waals surface area contributed by atoms with Crippen molar-refractivity contribution in [2.45, 2.75) is 32.4 Å². The van der Waals surface area contributed by atoms with Gasteiger partial charge in [0.2, 0.25) is 0 Å². The Labute approximate surface area is 182 Å². The summed E-state index contributed by atoms with van der Waals surface area (Å²) in [6, 6.07) is 20.5. The minimum Gasteiger partial charge on any atom is -0.489 e. The average molecular weight is 425 g/mol. The molecule has 1 N–H and O–H groups in total. The molecule has 1 aliphatic rings. The Morgan fingerprint density at radius 2 is 1.70 bits per heavy atom. The third-order valence-corrected chi connectivity index (χ3v) is 5.71. The van der Waals surface area contributed by atoms with Crippen LogP contribution in [0.5, 0.6) is 5.75 Å². The van der Waals surface area contributed by atoms with E-state index in [1.165, 1.54) is 31.4 Å². The van der Waals surface area contributed by atoms with E-state index in [9.17, 15) is 4.39 Å². The van der Waals surface area contributed by atoms with Gasteiger partial charge in [-0.3, -0.25) is 0 Å². The van der Waals surface area contributed by atoms with Crippen LogP contribution in [-0.2, 0) is 13.2 Å². The van der Waals surface area contributed by atoms with Gasteiger partial charge >= 0.3 is 0 Å². The SMILES string of the molecule is Fc1ccc(COc2ccccc2CNc2ccc(N3CCCCC3)c(Cl)c2)cc1. The lowest BCUT2D eigenvalue weighted by Crippen LogP contribution is -2.29. The van der Waals surface area contributed by atoms with Crippen LogP contribution in [0.15, 0.2) is 66.7 Å². The quantitative estimate of drug-likeness (QED) is 0.459. The maximum atomic E-state index is 13.1. The number of para-hydroxylation sites is 1. The Kier molecular flexibility index (Phi) is 6.75. The lowest BCUT2D eigenvalue weighted by molar-refractivity contribution is 0.303. The van der Waals surface area contributed by atoms with E-state index in [0.29, 0.717) is 13.2 Å². The summed E-state index contributed by atoms with van der Waals surface area (Å²) in [6.45, 7) is 3.17. The van der Waals surface area contributed by atoms with E-state index >= 15 is 0 Å². The molecule has 3 aromatic rings. The van der Waals surface area contributed by atoms with Gasteiger partial charge in [-0.05, 0) is 61.2 Å². The standard InChI is InChI=1S/C25H26ClFN2O/c26-23-16-22(12-13-24(23)29-14-4-1-5-15-29)28-17-20-6-2-3-7-25(20)30-18-19-8-10-21(27)11-9-19/h2-3,6-13,16,28H,1,4-5,14-15,17-18H2. The number of anilines is 2. The lowest BCUT2D eigenvalue weighted by Gasteiger charge is -2.29. The van der Waals surface area contributed by atoms with Crippen LogP contribution in [0.25, 0.3) is 0 Å². The maximum Gasteiger partial charge on any atom is 0.124 e. The highest BCUT2D eigenvalue weighted by molar-refractivity contribution is 6.33. The molecule has 3 aromatic carbocycles. The molecule has 0 atom stereocenters. The van der Waals surface area contributed by atoms with Crippen LogP contribution < -0.4 is 15.0 Å². The number of nitrogens with zero attached hydrogens (tertiary/aromatic N) is 1. The van der Waals surface area contributed by atoms with Crippen LogP contribution in [0.2, 0.25) is 5.02 Å². The summed E-state index contributed by atoms with van der Waals surface area (Å²) in [5.74, 6) is 0.568. The first-order valence-electron chi connectivity index (χ1n) is 10.4. The molecule has 5 heteroatoms. The van der Waals surface area contributed by atoms with Crippen LogP contribution in [0.4, 0.5) is 15.8 Å². The summed E-state index contributed by atoms with van der Waals surface area (Å²) in [7, 11) is 0. The van der Waals surface area contributed by atoms with E-state index in [-0.39, 0.29) is 5.82 Å². The Morgan fingerprint density at radius 3 is 2.47 bits per heavy atom. The zero-order valence-corrected chi connectivity index (χ0v) is 17.7. The number of nitrogens with one attached hydrogen (secondary N) is 1. The third kappa shape index (κ3) is 5.25. The van der Waals surface area contributed by atoms with Gasteiger partial charge in [0, 0.05) is 30.9 Å². The van der Waals surface area contributed by atoms with E-state index in [0.717, 1.165) is 46.4 Å². The van der Waals surface area contributed by atoms with Crippen LogP contribution in [-0.4, -0.2) is 13.1 Å². The van der Waals surface area contributed by atoms with Crippen molar-refractivity contribution in [3.63, 3.8) is 0 Å². The number of halogens is 2. The number of hydrogen-bond donors (Lipinski definition) is 1. The van der Waals surface area contributed by atoms with Crippen molar-refractivity contribution in [1.82, 2.24) is 0 Å². The normalized spacial score (nSPS) is 13.9. The van der Waals surface area contributed by atoms with Crippen molar-refractivity contribution in [1.29, 1.82) is 0 Å². The van der Waals surface area contributed by atoms with E-state index in [1.807, 2.05) is 30.3 Å². The molecule has 1 aliphatic heterocycles. The highest BCUT2D eigenvalue weighted by Crippen LogP contribution is 2.31. The van der Waals surface area contributed by atoms with Gasteiger partial charge in [0.15, 0.2) is 0 Å². The molecule has 0 aromatic heterocycles. The minimum atomic E-state index is -0.242. The molecule has 1 heterocycles. The zero-order valence-electron chi connectivity index (χ0n) is 16.9. The topological polar surface area (TPSA) is 24.5 Å². The molecule has 0 saturated carbocycles. The number of rotatable bonds is 7. The molecule has 0 amide bonds. The van der Waals surface area contributed by atoms with Crippen molar-refractivity contribution in [2.75, 3.05) is 23.3 Å². The van der Waals surface area contributed by atoms with Gasteiger partial charge in [-0.1, -0.05) is 41.9 Å². The van der Waals surface area contributed by atoms with Crippen LogP contribution in [0.3, 0.4) is 0 Å². The summed E-state index contributed by atoms with van der Waals surface area (Å²) in [5.41, 5.74) is 4.08. The average Bonchev–Trinajstić information content (AvgIpc) is 2.78. The van der Waals surface area contributed by atoms with Crippen LogP contribution in [0.1, 0.15) is 30.4 Å². The first-order chi connectivity index (χ1) is 14.7. The van der Waals surface area contributed by atoms with Crippen molar-refractivity contribution in [3.05, 3.63) is 88.7 Å². The molecule has 1 saturated heterocycles. The smallest absolute Gasteiger partial charge is 0.124 e. The Balaban J connectivity index is 1.39. The molecule has 3 nitrogen and oxygen atoms in total. The van der Waals surface area contributed by atoms with Gasteiger partial charge in [-0.2, -0.15) is 0 Å². The highest BCUT2D eigenvalue weighted by atomic mass is 35.5. The van der Waals surface area contributed by atoms with Gasteiger partial charge in [0.1, 0.15) is 18.2 Å². The zero-order chi connectivity index (χ0) is 20.8. The third-order valence-electron chi connectivity index (χ3n) is 5.41. The summed E-state index contributed by atoms with van der Waals surface area (Å²) < 4.78 is 19.1. The van der Waals surface area contributed by atoms with E-state index in [1.54, 1.807) is 12.1 Å². The fraction of sp³-hybridized carbons (Fsp3) is 0.280. The maximum absolute atomic E-state index is 13.1. The summed E-state index contributed by atoms with van der Waals surface area (Å²) >= 11 is 6.57. The molecule has 4 rings (SSSR count). The second-order valence-electron chi connectivity index (χ2n) is 7.59. The fourth-order valence-corrected chi connectivity index (χ4v) is 4.04. The van der Waals surface area contributed by atoms with E-state index in [2.05, 4.69) is 22.3 Å². The first-order valence-corrected chi connectivity index (χ1v) is 10.8. The summed E-state index contributed by atoms with van der Waals surface area (Å²) in [6.07, 6.45) is 3.76. The minimum absolute atomic E-state index is 0.242. The second-order valence-corrected chi connectivity index (χ2v) is 8.00.